The Morgan fingerprint density at radius 1 is 1.36 bits per heavy atom. The summed E-state index contributed by atoms with van der Waals surface area (Å²) in [5.74, 6) is 0. The van der Waals surface area contributed by atoms with Crippen LogP contribution in [0.5, 0.6) is 0 Å². The van der Waals surface area contributed by atoms with Crippen LogP contribution >= 0.6 is 22.0 Å². The summed E-state index contributed by atoms with van der Waals surface area (Å²) in [7, 11) is 0.116. The molecular weight excluding hydrogens is 174 g/mol. The molecule has 1 N–H and O–H groups in total. The maximum atomic E-state index is 3.29. The number of nitrogens with one attached hydrogen (secondary N) is 1. The highest BCUT2D eigenvalue weighted by molar-refractivity contribution is 8.09. The zero-order valence-corrected chi connectivity index (χ0v) is 7.49. The van der Waals surface area contributed by atoms with Crippen LogP contribution in [0.1, 0.15) is 0 Å². The number of thiophene rings is 1. The minimum Gasteiger partial charge on any atom is -0.184 e. The first-order chi connectivity index (χ1) is 5.47. The van der Waals surface area contributed by atoms with E-state index >= 15 is 0 Å². The van der Waals surface area contributed by atoms with Gasteiger partial charge in [-0.25, -0.2) is 0 Å². The molecular formula is C8H8NS2+. The molecule has 0 bridgehead atoms. The standard InChI is InChI=1S/C8H7NS2/c1-2-6-11(9-4-1)8-3-5-10-7-8/h1-7H/p+1. The van der Waals surface area contributed by atoms with Gasteiger partial charge in [0.2, 0.25) is 0 Å². The van der Waals surface area contributed by atoms with E-state index in [4.69, 9.17) is 0 Å². The van der Waals surface area contributed by atoms with Gasteiger partial charge in [0.15, 0.2) is 6.21 Å². The number of allylic oxidation sites excluding steroid dienone is 2. The van der Waals surface area contributed by atoms with Gasteiger partial charge in [-0.2, -0.15) is 15.7 Å². The normalized spacial score (nSPS) is 21.6. The van der Waals surface area contributed by atoms with Gasteiger partial charge >= 0.3 is 0 Å². The number of rotatable bonds is 1. The summed E-state index contributed by atoms with van der Waals surface area (Å²) >= 11 is 1.74. The molecule has 1 atom stereocenters. The Morgan fingerprint density at radius 2 is 2.36 bits per heavy atom. The lowest BCUT2D eigenvalue weighted by Gasteiger charge is -1.92. The molecule has 0 aromatic carbocycles. The second-order valence-electron chi connectivity index (χ2n) is 2.10. The van der Waals surface area contributed by atoms with Gasteiger partial charge in [0, 0.05) is 16.8 Å². The van der Waals surface area contributed by atoms with Gasteiger partial charge in [-0.3, -0.25) is 0 Å². The highest BCUT2D eigenvalue weighted by Crippen LogP contribution is 2.19. The van der Waals surface area contributed by atoms with Crippen molar-refractivity contribution in [3.63, 3.8) is 0 Å². The topological polar surface area (TPSA) is 14.0 Å². The molecule has 1 aromatic rings. The predicted molar refractivity (Wildman–Crippen MR) is 52.4 cm³/mol. The summed E-state index contributed by atoms with van der Waals surface area (Å²) in [5, 5.41) is 6.47. The minimum absolute atomic E-state index is 0.116. The van der Waals surface area contributed by atoms with Crippen molar-refractivity contribution >= 4 is 33.6 Å². The van der Waals surface area contributed by atoms with Crippen molar-refractivity contribution in [3.8, 4) is 0 Å². The molecule has 0 fully saturated rings. The molecule has 0 saturated heterocycles. The molecule has 1 unspecified atom stereocenters. The third kappa shape index (κ3) is 1.49. The fourth-order valence-electron chi connectivity index (χ4n) is 0.855. The molecule has 2 heterocycles. The monoisotopic (exact) mass is 182 g/mol. The highest BCUT2D eigenvalue weighted by atomic mass is 32.2. The van der Waals surface area contributed by atoms with E-state index in [0.717, 1.165) is 0 Å². The highest BCUT2D eigenvalue weighted by Gasteiger charge is 2.02. The third-order valence-electron chi connectivity index (χ3n) is 1.37. The molecule has 1 aromatic heterocycles. The minimum atomic E-state index is 0.116. The SMILES string of the molecule is C1=CC=S(c2ccsc2)[NH+]=C1. The van der Waals surface area contributed by atoms with Gasteiger partial charge in [-0.05, 0) is 17.5 Å². The van der Waals surface area contributed by atoms with Crippen LogP contribution in [-0.2, 0) is 0 Å². The molecule has 0 aliphatic carbocycles. The van der Waals surface area contributed by atoms with Crippen LogP contribution in [0.2, 0.25) is 0 Å². The van der Waals surface area contributed by atoms with E-state index in [9.17, 15) is 0 Å². The molecule has 0 amide bonds. The lowest BCUT2D eigenvalue weighted by Crippen LogP contribution is -2.61. The van der Waals surface area contributed by atoms with Crippen molar-refractivity contribution in [1.29, 1.82) is 0 Å². The zero-order valence-electron chi connectivity index (χ0n) is 5.86. The third-order valence-corrected chi connectivity index (χ3v) is 3.78. The summed E-state index contributed by atoms with van der Waals surface area (Å²) in [6.07, 6.45) is 6.08. The van der Waals surface area contributed by atoms with E-state index in [2.05, 4.69) is 32.7 Å². The molecule has 11 heavy (non-hydrogen) atoms. The van der Waals surface area contributed by atoms with Crippen molar-refractivity contribution in [2.24, 2.45) is 0 Å². The van der Waals surface area contributed by atoms with Gasteiger partial charge in [0.25, 0.3) is 0 Å². The first-order valence-corrected chi connectivity index (χ1v) is 5.55. The fourth-order valence-corrected chi connectivity index (χ4v) is 3.10. The first-order valence-electron chi connectivity index (χ1n) is 3.31. The van der Waals surface area contributed by atoms with Crippen molar-refractivity contribution < 1.29 is 4.40 Å². The van der Waals surface area contributed by atoms with Crippen LogP contribution in [0.15, 0.2) is 33.9 Å². The second kappa shape index (κ2) is 3.15. The van der Waals surface area contributed by atoms with Crippen LogP contribution < -0.4 is 4.40 Å². The van der Waals surface area contributed by atoms with E-state index in [1.807, 2.05) is 12.3 Å². The molecule has 0 spiro atoms. The van der Waals surface area contributed by atoms with E-state index in [1.165, 1.54) is 4.90 Å². The van der Waals surface area contributed by atoms with Crippen molar-refractivity contribution in [2.75, 3.05) is 0 Å². The van der Waals surface area contributed by atoms with E-state index in [1.54, 1.807) is 11.3 Å². The van der Waals surface area contributed by atoms with E-state index < -0.39 is 0 Å². The summed E-state index contributed by atoms with van der Waals surface area (Å²) in [4.78, 5) is 1.37. The zero-order chi connectivity index (χ0) is 7.52. The predicted octanol–water partition coefficient (Wildman–Crippen LogP) is 0.814. The van der Waals surface area contributed by atoms with Gasteiger partial charge in [-0.1, -0.05) is 0 Å². The molecule has 1 aliphatic heterocycles. The summed E-state index contributed by atoms with van der Waals surface area (Å²) in [6.45, 7) is 0. The first kappa shape index (κ1) is 7.00. The van der Waals surface area contributed by atoms with Gasteiger partial charge in [0.05, 0.1) is 4.90 Å². The molecule has 0 saturated carbocycles. The fraction of sp³-hybridized carbons (Fsp3) is 0. The number of hydrogen-bond acceptors (Lipinski definition) is 1. The average molecular weight is 182 g/mol. The molecule has 1 aliphatic rings. The average Bonchev–Trinajstić information content (AvgIpc) is 2.58. The van der Waals surface area contributed by atoms with Crippen LogP contribution in [0.4, 0.5) is 0 Å². The Morgan fingerprint density at radius 3 is 3.00 bits per heavy atom. The van der Waals surface area contributed by atoms with Gasteiger partial charge < -0.3 is 0 Å². The van der Waals surface area contributed by atoms with Crippen molar-refractivity contribution in [1.82, 2.24) is 0 Å². The van der Waals surface area contributed by atoms with Crippen LogP contribution in [0, 0.1) is 0 Å². The smallest absolute Gasteiger partial charge is 0.174 e. The van der Waals surface area contributed by atoms with Gasteiger partial charge in [0.1, 0.15) is 10.7 Å². The number of hydrogen-bond donors (Lipinski definition) is 1. The van der Waals surface area contributed by atoms with Gasteiger partial charge in [-0.15, -0.1) is 0 Å². The second-order valence-corrected chi connectivity index (χ2v) is 4.54. The van der Waals surface area contributed by atoms with Crippen molar-refractivity contribution in [2.45, 2.75) is 4.90 Å². The molecule has 0 radical (unpaired) electrons. The lowest BCUT2D eigenvalue weighted by atomic mass is 10.6. The Kier molecular flexibility index (Phi) is 2.01. The lowest BCUT2D eigenvalue weighted by molar-refractivity contribution is -0.237. The Labute approximate surface area is 72.2 Å². The summed E-state index contributed by atoms with van der Waals surface area (Å²) < 4.78 is 3.29. The van der Waals surface area contributed by atoms with Crippen LogP contribution in [0.25, 0.3) is 0 Å². The van der Waals surface area contributed by atoms with Crippen LogP contribution in [-0.4, -0.2) is 11.6 Å². The molecule has 56 valence electrons. The van der Waals surface area contributed by atoms with Crippen LogP contribution in [0.3, 0.4) is 0 Å². The quantitative estimate of drug-likeness (QED) is 0.618. The Bertz CT molecular complexity index is 320. The Hall–Kier alpha value is -0.670. The van der Waals surface area contributed by atoms with E-state index in [-0.39, 0.29) is 10.7 Å². The molecule has 3 heteroatoms. The largest absolute Gasteiger partial charge is 0.184 e. The molecule has 1 nitrogen and oxygen atoms in total. The Balaban J connectivity index is 2.38. The summed E-state index contributed by atoms with van der Waals surface area (Å²) in [6, 6.07) is 2.16. The summed E-state index contributed by atoms with van der Waals surface area (Å²) in [5.41, 5.74) is 0. The maximum Gasteiger partial charge on any atom is 0.174 e. The van der Waals surface area contributed by atoms with E-state index in [0.29, 0.717) is 0 Å². The molecule has 2 rings (SSSR count). The maximum absolute atomic E-state index is 3.29. The van der Waals surface area contributed by atoms with Crippen molar-refractivity contribution in [3.05, 3.63) is 29.0 Å².